The van der Waals surface area contributed by atoms with Crippen molar-refractivity contribution in [3.63, 3.8) is 0 Å². The lowest BCUT2D eigenvalue weighted by Gasteiger charge is -2.47. The Morgan fingerprint density at radius 2 is 0.774 bits per heavy atom. The van der Waals surface area contributed by atoms with Gasteiger partial charge in [-0.2, -0.15) is 0 Å². The second-order valence-electron chi connectivity index (χ2n) is 28.7. The van der Waals surface area contributed by atoms with Crippen LogP contribution in [0, 0.1) is 0 Å². The van der Waals surface area contributed by atoms with Crippen LogP contribution in [0.25, 0.3) is 22.3 Å². The average Bonchev–Trinajstić information content (AvgIpc) is 1.43. The number of anilines is 9. The van der Waals surface area contributed by atoms with Gasteiger partial charge in [-0.3, -0.25) is 0 Å². The maximum absolute atomic E-state index is 7.10. The number of fused-ring (bicyclic) bond motifs is 15. The molecule has 14 rings (SSSR count). The zero-order chi connectivity index (χ0) is 58.6. The van der Waals surface area contributed by atoms with Gasteiger partial charge < -0.3 is 19.4 Å². The summed E-state index contributed by atoms with van der Waals surface area (Å²) in [6.07, 6.45) is 0. The van der Waals surface area contributed by atoms with Gasteiger partial charge in [0.2, 0.25) is 0 Å². The van der Waals surface area contributed by atoms with Crippen molar-refractivity contribution in [3.8, 4) is 33.8 Å². The Labute approximate surface area is 499 Å². The first-order valence-corrected chi connectivity index (χ1v) is 30.2. The Balaban J connectivity index is 1.13. The fourth-order valence-corrected chi connectivity index (χ4v) is 14.4. The predicted octanol–water partition coefficient (Wildman–Crippen LogP) is 22.4. The number of para-hydroxylation sites is 4. The van der Waals surface area contributed by atoms with Crippen LogP contribution in [0.5, 0.6) is 11.5 Å². The third-order valence-corrected chi connectivity index (χ3v) is 18.8. The molecule has 0 bridgehead atoms. The Kier molecular flexibility index (Phi) is 11.7. The van der Waals surface area contributed by atoms with Gasteiger partial charge in [0, 0.05) is 39.4 Å². The molecule has 0 radical (unpaired) electrons. The highest BCUT2D eigenvalue weighted by Crippen LogP contribution is 2.71. The van der Waals surface area contributed by atoms with Gasteiger partial charge in [0.25, 0.3) is 0 Å². The third-order valence-electron chi connectivity index (χ3n) is 18.8. The smallest absolute Gasteiger partial charge is 0.151 e. The standard InChI is InChI=1S/C80H77N3O/c1-75(2,3)50-30-38-54(39-31-50)81(55-40-32-51(33-41-55)76(4,5)6)58-46-47-60-64(48-58)80(62-24-17-18-26-66(62)83-67-27-19-20-28-69(67)84-70-29-21-25-63(80)74(70)83)65-49-68(72-59-22-15-16-23-61(59)79(13,14)73(72)71(60)65)82(56-42-34-52(35-43-56)77(7,8)9)57-44-36-53(37-45-57)78(10,11)12/h15-49H,1-14H3. The van der Waals surface area contributed by atoms with Crippen LogP contribution in [-0.4, -0.2) is 0 Å². The second-order valence-corrected chi connectivity index (χ2v) is 28.7. The van der Waals surface area contributed by atoms with E-state index in [1.807, 2.05) is 0 Å². The molecule has 1 unspecified atom stereocenters. The summed E-state index contributed by atoms with van der Waals surface area (Å²) in [7, 11) is 0. The summed E-state index contributed by atoms with van der Waals surface area (Å²) in [4.78, 5) is 7.54. The van der Waals surface area contributed by atoms with Crippen LogP contribution in [0.1, 0.15) is 153 Å². The van der Waals surface area contributed by atoms with Crippen molar-refractivity contribution in [2.75, 3.05) is 14.7 Å². The zero-order valence-electron chi connectivity index (χ0n) is 51.5. The molecule has 0 aromatic heterocycles. The summed E-state index contributed by atoms with van der Waals surface area (Å²) in [6.45, 7) is 32.5. The van der Waals surface area contributed by atoms with Crippen LogP contribution in [0.15, 0.2) is 212 Å². The topological polar surface area (TPSA) is 19.0 Å². The van der Waals surface area contributed by atoms with Gasteiger partial charge in [-0.05, 0) is 185 Å². The fourth-order valence-electron chi connectivity index (χ4n) is 14.4. The summed E-state index contributed by atoms with van der Waals surface area (Å²) in [6, 6.07) is 81.2. The van der Waals surface area contributed by atoms with E-state index in [0.717, 1.165) is 62.7 Å². The number of rotatable bonds is 6. The van der Waals surface area contributed by atoms with Crippen molar-refractivity contribution in [2.45, 2.75) is 129 Å². The summed E-state index contributed by atoms with van der Waals surface area (Å²) in [5.74, 6) is 1.69. The lowest BCUT2D eigenvalue weighted by Crippen LogP contribution is -2.37. The molecular formula is C80H77N3O. The van der Waals surface area contributed by atoms with Gasteiger partial charge >= 0.3 is 0 Å². The van der Waals surface area contributed by atoms with Crippen molar-refractivity contribution in [1.29, 1.82) is 0 Å². The van der Waals surface area contributed by atoms with Crippen molar-refractivity contribution in [1.82, 2.24) is 0 Å². The Hall–Kier alpha value is -8.60. The molecule has 0 saturated heterocycles. The predicted molar refractivity (Wildman–Crippen MR) is 354 cm³/mol. The molecule has 4 aliphatic rings. The molecule has 1 atom stereocenters. The zero-order valence-corrected chi connectivity index (χ0v) is 51.5. The van der Waals surface area contributed by atoms with Crippen molar-refractivity contribution in [2.24, 2.45) is 0 Å². The monoisotopic (exact) mass is 1100 g/mol. The van der Waals surface area contributed by atoms with Crippen molar-refractivity contribution < 1.29 is 4.74 Å². The molecule has 2 aliphatic heterocycles. The fraction of sp³-hybridized carbons (Fsp3) is 0.250. The number of benzene rings is 10. The Morgan fingerprint density at radius 1 is 0.345 bits per heavy atom. The van der Waals surface area contributed by atoms with E-state index in [4.69, 9.17) is 4.74 Å². The van der Waals surface area contributed by atoms with E-state index >= 15 is 0 Å². The van der Waals surface area contributed by atoms with Gasteiger partial charge in [-0.25, -0.2) is 0 Å². The number of nitrogens with zero attached hydrogens (tertiary/aromatic N) is 3. The van der Waals surface area contributed by atoms with E-state index in [1.54, 1.807) is 0 Å². The van der Waals surface area contributed by atoms with Gasteiger partial charge in [-0.1, -0.05) is 218 Å². The quantitative estimate of drug-likeness (QED) is 0.165. The number of hydrogen-bond acceptors (Lipinski definition) is 4. The van der Waals surface area contributed by atoms with Crippen LogP contribution in [-0.2, 0) is 32.5 Å². The molecule has 0 saturated carbocycles. The molecule has 0 fully saturated rings. The number of ether oxygens (including phenoxy) is 1. The lowest BCUT2D eigenvalue weighted by molar-refractivity contribution is 0.473. The second kappa shape index (κ2) is 18.4. The minimum atomic E-state index is -0.848. The molecule has 10 aromatic carbocycles. The maximum atomic E-state index is 7.10. The molecule has 10 aromatic rings. The molecule has 4 nitrogen and oxygen atoms in total. The Bertz CT molecular complexity index is 4150. The molecule has 84 heavy (non-hydrogen) atoms. The maximum Gasteiger partial charge on any atom is 0.151 e. The molecular weight excluding hydrogens is 1020 g/mol. The van der Waals surface area contributed by atoms with Crippen LogP contribution >= 0.6 is 0 Å². The van der Waals surface area contributed by atoms with E-state index in [-0.39, 0.29) is 21.7 Å². The summed E-state index contributed by atoms with van der Waals surface area (Å²) in [5.41, 5.74) is 26.6. The molecule has 4 heteroatoms. The minimum Gasteiger partial charge on any atom is -0.453 e. The van der Waals surface area contributed by atoms with Crippen LogP contribution in [0.4, 0.5) is 51.2 Å². The first kappa shape index (κ1) is 53.4. The van der Waals surface area contributed by atoms with E-state index in [2.05, 4.69) is 324 Å². The Morgan fingerprint density at radius 3 is 1.31 bits per heavy atom. The van der Waals surface area contributed by atoms with Crippen molar-refractivity contribution in [3.05, 3.63) is 268 Å². The van der Waals surface area contributed by atoms with Gasteiger partial charge in [0.15, 0.2) is 11.5 Å². The van der Waals surface area contributed by atoms with E-state index in [0.29, 0.717) is 0 Å². The minimum absolute atomic E-state index is 0.00135. The molecule has 2 aliphatic carbocycles. The highest BCUT2D eigenvalue weighted by atomic mass is 16.5. The first-order valence-electron chi connectivity index (χ1n) is 30.2. The SMILES string of the molecule is CC(C)(C)c1ccc(N(c2ccc(C(C)(C)C)cc2)c2ccc3c(c2)C2(c4ccccc4N4c5ccccc5Oc5cccc2c54)c2cc(N(c4ccc(C(C)(C)C)cc4)c4ccc(C(C)(C)C)cc4)c4c(c2-3)C(C)(C)c2ccccc2-4)cc1. The molecule has 2 heterocycles. The molecule has 0 amide bonds. The van der Waals surface area contributed by atoms with Gasteiger partial charge in [-0.15, -0.1) is 0 Å². The lowest BCUT2D eigenvalue weighted by atomic mass is 9.64. The van der Waals surface area contributed by atoms with Gasteiger partial charge in [0.05, 0.1) is 28.2 Å². The molecule has 0 N–H and O–H groups in total. The van der Waals surface area contributed by atoms with E-state index < -0.39 is 10.8 Å². The highest BCUT2D eigenvalue weighted by molar-refractivity contribution is 6.07. The van der Waals surface area contributed by atoms with Crippen LogP contribution in [0.3, 0.4) is 0 Å². The van der Waals surface area contributed by atoms with Crippen LogP contribution in [0.2, 0.25) is 0 Å². The highest BCUT2D eigenvalue weighted by Gasteiger charge is 2.57. The summed E-state index contributed by atoms with van der Waals surface area (Å²) < 4.78 is 7.10. The van der Waals surface area contributed by atoms with Crippen molar-refractivity contribution >= 4 is 51.2 Å². The largest absolute Gasteiger partial charge is 0.453 e. The van der Waals surface area contributed by atoms with E-state index in [9.17, 15) is 0 Å². The normalized spacial score (nSPS) is 16.0. The number of hydrogen-bond donors (Lipinski definition) is 0. The van der Waals surface area contributed by atoms with Crippen LogP contribution < -0.4 is 19.4 Å². The average molecular weight is 1100 g/mol. The van der Waals surface area contributed by atoms with E-state index in [1.165, 1.54) is 77.9 Å². The molecule has 1 spiro atoms. The molecule has 418 valence electrons. The first-order chi connectivity index (χ1) is 40.0. The summed E-state index contributed by atoms with van der Waals surface area (Å²) >= 11 is 0. The summed E-state index contributed by atoms with van der Waals surface area (Å²) in [5, 5.41) is 0. The van der Waals surface area contributed by atoms with Gasteiger partial charge in [0.1, 0.15) is 0 Å². The third kappa shape index (κ3) is 7.99.